The molecule has 0 bridgehead atoms. The molecule has 0 aliphatic carbocycles. The van der Waals surface area contributed by atoms with E-state index in [-0.39, 0.29) is 17.2 Å². The van der Waals surface area contributed by atoms with Crippen LogP contribution in [-0.4, -0.2) is 21.4 Å². The molecule has 0 heterocycles. The third-order valence-corrected chi connectivity index (χ3v) is 4.72. The number of nitrogen functional groups attached to an aromatic ring is 1. The molecule has 0 saturated heterocycles. The molecule has 1 amide bonds. The summed E-state index contributed by atoms with van der Waals surface area (Å²) in [5.74, 6) is -0.303. The van der Waals surface area contributed by atoms with Crippen molar-refractivity contribution in [2.75, 3.05) is 11.5 Å². The number of nitrogens with two attached hydrogens (primary N) is 1. The average molecular weight is 347 g/mol. The number of amides is 1. The molecule has 19 heavy (non-hydrogen) atoms. The number of nitrogens with one attached hydrogen (secondary N) is 1. The van der Waals surface area contributed by atoms with Gasteiger partial charge in [-0.1, -0.05) is 22.9 Å². The molecule has 1 aromatic carbocycles. The molecule has 0 aliphatic heterocycles. The molecular weight excluding hydrogens is 328 g/mol. The molecule has 0 fully saturated rings. The fourth-order valence-electron chi connectivity index (χ4n) is 1.43. The highest BCUT2D eigenvalue weighted by atomic mass is 79.9. The van der Waals surface area contributed by atoms with Gasteiger partial charge in [0.05, 0.1) is 15.7 Å². The molecule has 0 radical (unpaired) electrons. The highest BCUT2D eigenvalue weighted by molar-refractivity contribution is 9.10. The lowest BCUT2D eigenvalue weighted by molar-refractivity contribution is -0.120. The van der Waals surface area contributed by atoms with Crippen LogP contribution in [0.15, 0.2) is 27.6 Å². The van der Waals surface area contributed by atoms with E-state index >= 15 is 0 Å². The first-order valence-corrected chi connectivity index (χ1v) is 8.11. The lowest BCUT2D eigenvalue weighted by Gasteiger charge is -2.24. The van der Waals surface area contributed by atoms with E-state index in [4.69, 9.17) is 5.73 Å². The highest BCUT2D eigenvalue weighted by Crippen LogP contribution is 2.21. The van der Waals surface area contributed by atoms with Crippen LogP contribution < -0.4 is 11.1 Å². The summed E-state index contributed by atoms with van der Waals surface area (Å²) < 4.78 is 12.9. The molecule has 0 spiro atoms. The largest absolute Gasteiger partial charge is 0.398 e. The molecule has 3 N–H and O–H groups in total. The lowest BCUT2D eigenvalue weighted by Crippen LogP contribution is -2.44. The Morgan fingerprint density at radius 2 is 2.11 bits per heavy atom. The highest BCUT2D eigenvalue weighted by Gasteiger charge is 2.20. The van der Waals surface area contributed by atoms with Crippen LogP contribution in [0.3, 0.4) is 0 Å². The van der Waals surface area contributed by atoms with Crippen molar-refractivity contribution in [2.45, 2.75) is 37.6 Å². The van der Waals surface area contributed by atoms with E-state index in [1.54, 1.807) is 18.2 Å². The molecule has 1 atom stereocenters. The standard InChI is InChI=1S/C13H19BrN2O2S/c1-4-13(2,3)16-12(17)8-19(18)11-6-5-9(14)7-10(11)15/h5-7H,4,8,15H2,1-3H3,(H,16,17). The van der Waals surface area contributed by atoms with E-state index in [9.17, 15) is 9.00 Å². The molecule has 1 aromatic rings. The summed E-state index contributed by atoms with van der Waals surface area (Å²) in [7, 11) is -1.43. The molecule has 1 rings (SSSR count). The quantitative estimate of drug-likeness (QED) is 0.804. The zero-order chi connectivity index (χ0) is 14.6. The monoisotopic (exact) mass is 346 g/mol. The van der Waals surface area contributed by atoms with Crippen molar-refractivity contribution in [1.82, 2.24) is 5.32 Å². The second kappa shape index (κ2) is 6.52. The smallest absolute Gasteiger partial charge is 0.233 e. The minimum absolute atomic E-state index is 0.0741. The zero-order valence-electron chi connectivity index (χ0n) is 11.3. The van der Waals surface area contributed by atoms with E-state index in [2.05, 4.69) is 21.2 Å². The summed E-state index contributed by atoms with van der Waals surface area (Å²) in [6.45, 7) is 5.85. The summed E-state index contributed by atoms with van der Waals surface area (Å²) in [5.41, 5.74) is 5.94. The number of hydrogen-bond donors (Lipinski definition) is 2. The van der Waals surface area contributed by atoms with E-state index in [0.717, 1.165) is 10.9 Å². The van der Waals surface area contributed by atoms with E-state index < -0.39 is 10.8 Å². The summed E-state index contributed by atoms with van der Waals surface area (Å²) in [6.07, 6.45) is 0.811. The van der Waals surface area contributed by atoms with Gasteiger partial charge in [-0.15, -0.1) is 0 Å². The second-order valence-corrected chi connectivity index (χ2v) is 7.29. The van der Waals surface area contributed by atoms with Gasteiger partial charge in [-0.2, -0.15) is 0 Å². The number of benzene rings is 1. The summed E-state index contributed by atoms with van der Waals surface area (Å²) in [5, 5.41) is 2.86. The summed E-state index contributed by atoms with van der Waals surface area (Å²) in [6, 6.07) is 5.12. The van der Waals surface area contributed by atoms with Crippen molar-refractivity contribution in [3.05, 3.63) is 22.7 Å². The molecule has 0 aromatic heterocycles. The van der Waals surface area contributed by atoms with E-state index in [1.807, 2.05) is 20.8 Å². The molecule has 1 unspecified atom stereocenters. The number of carbonyl (C=O) groups excluding carboxylic acids is 1. The maximum Gasteiger partial charge on any atom is 0.233 e. The lowest BCUT2D eigenvalue weighted by atomic mass is 10.0. The fraction of sp³-hybridized carbons (Fsp3) is 0.462. The normalized spacial score (nSPS) is 13.1. The van der Waals surface area contributed by atoms with Gasteiger partial charge in [-0.25, -0.2) is 0 Å². The Labute approximate surface area is 124 Å². The minimum Gasteiger partial charge on any atom is -0.398 e. The van der Waals surface area contributed by atoms with Gasteiger partial charge in [-0.3, -0.25) is 9.00 Å². The van der Waals surface area contributed by atoms with Crippen LogP contribution in [0.5, 0.6) is 0 Å². The Bertz CT molecular complexity index is 503. The van der Waals surface area contributed by atoms with Crippen LogP contribution in [0.1, 0.15) is 27.2 Å². The minimum atomic E-state index is -1.43. The van der Waals surface area contributed by atoms with Gasteiger partial charge < -0.3 is 11.1 Å². The number of rotatable bonds is 5. The van der Waals surface area contributed by atoms with Crippen LogP contribution in [0.2, 0.25) is 0 Å². The Morgan fingerprint density at radius 1 is 1.47 bits per heavy atom. The van der Waals surface area contributed by atoms with Crippen molar-refractivity contribution in [2.24, 2.45) is 0 Å². The molecule has 0 aliphatic rings. The van der Waals surface area contributed by atoms with E-state index in [1.165, 1.54) is 0 Å². The molecule has 0 saturated carbocycles. The number of halogens is 1. The zero-order valence-corrected chi connectivity index (χ0v) is 13.7. The van der Waals surface area contributed by atoms with Crippen LogP contribution in [-0.2, 0) is 15.6 Å². The van der Waals surface area contributed by atoms with Crippen LogP contribution in [0, 0.1) is 0 Å². The first kappa shape index (κ1) is 16.2. The predicted octanol–water partition coefficient (Wildman–Crippen LogP) is 2.44. The maximum absolute atomic E-state index is 12.1. The molecule has 6 heteroatoms. The predicted molar refractivity (Wildman–Crippen MR) is 82.3 cm³/mol. The third kappa shape index (κ3) is 4.95. The summed E-state index contributed by atoms with van der Waals surface area (Å²) >= 11 is 3.29. The topological polar surface area (TPSA) is 72.2 Å². The van der Waals surface area contributed by atoms with Crippen molar-refractivity contribution in [3.63, 3.8) is 0 Å². The Hall–Kier alpha value is -0.880. The maximum atomic E-state index is 12.1. The van der Waals surface area contributed by atoms with Crippen molar-refractivity contribution in [3.8, 4) is 0 Å². The molecular formula is C13H19BrN2O2S. The van der Waals surface area contributed by atoms with Gasteiger partial charge >= 0.3 is 0 Å². The van der Waals surface area contributed by atoms with Crippen molar-refractivity contribution >= 4 is 38.3 Å². The molecule has 106 valence electrons. The van der Waals surface area contributed by atoms with Crippen LogP contribution in [0.25, 0.3) is 0 Å². The number of anilines is 1. The SMILES string of the molecule is CCC(C)(C)NC(=O)CS(=O)c1ccc(Br)cc1N. The van der Waals surface area contributed by atoms with Crippen LogP contribution in [0.4, 0.5) is 5.69 Å². The second-order valence-electron chi connectivity index (χ2n) is 4.96. The Balaban J connectivity index is 2.72. The van der Waals surface area contributed by atoms with Gasteiger partial charge in [-0.05, 0) is 38.5 Å². The average Bonchev–Trinajstić information content (AvgIpc) is 2.27. The Kier molecular flexibility index (Phi) is 5.55. The number of carbonyl (C=O) groups is 1. The van der Waals surface area contributed by atoms with Gasteiger partial charge in [0.15, 0.2) is 0 Å². The van der Waals surface area contributed by atoms with Gasteiger partial charge in [0, 0.05) is 15.7 Å². The first-order chi connectivity index (χ1) is 8.75. The fourth-order valence-corrected chi connectivity index (χ4v) is 2.81. The Morgan fingerprint density at radius 3 is 2.63 bits per heavy atom. The van der Waals surface area contributed by atoms with Gasteiger partial charge in [0.25, 0.3) is 0 Å². The van der Waals surface area contributed by atoms with Gasteiger partial charge in [0.2, 0.25) is 5.91 Å². The third-order valence-electron chi connectivity index (χ3n) is 2.84. The van der Waals surface area contributed by atoms with E-state index in [0.29, 0.717) is 10.6 Å². The van der Waals surface area contributed by atoms with Crippen LogP contribution >= 0.6 is 15.9 Å². The van der Waals surface area contributed by atoms with Crippen molar-refractivity contribution in [1.29, 1.82) is 0 Å². The number of hydrogen-bond acceptors (Lipinski definition) is 3. The summed E-state index contributed by atoms with van der Waals surface area (Å²) in [4.78, 5) is 12.3. The first-order valence-electron chi connectivity index (χ1n) is 5.99. The van der Waals surface area contributed by atoms with Gasteiger partial charge in [0.1, 0.15) is 5.75 Å². The molecule has 4 nitrogen and oxygen atoms in total. The van der Waals surface area contributed by atoms with Crippen molar-refractivity contribution < 1.29 is 9.00 Å².